The second-order valence-corrected chi connectivity index (χ2v) is 7.71. The summed E-state index contributed by atoms with van der Waals surface area (Å²) in [4.78, 5) is 12.7. The molecule has 0 radical (unpaired) electrons. The van der Waals surface area contributed by atoms with E-state index in [0.717, 1.165) is 46.8 Å². The Balaban J connectivity index is 1.50. The molecule has 0 aliphatic rings. The molecule has 2 N–H and O–H groups in total. The first-order valence-electron chi connectivity index (χ1n) is 9.55. The van der Waals surface area contributed by atoms with Crippen molar-refractivity contribution in [3.05, 3.63) is 47.5 Å². The van der Waals surface area contributed by atoms with Crippen molar-refractivity contribution in [2.45, 2.75) is 38.0 Å². The Morgan fingerprint density at radius 2 is 2.00 bits per heavy atom. The first kappa shape index (κ1) is 20.9. The number of hydrogen-bond acceptors (Lipinski definition) is 7. The Kier molecular flexibility index (Phi) is 7.24. The van der Waals surface area contributed by atoms with Gasteiger partial charge in [0.25, 0.3) is 0 Å². The van der Waals surface area contributed by atoms with Gasteiger partial charge in [-0.2, -0.15) is 0 Å². The molecule has 0 saturated heterocycles. The summed E-state index contributed by atoms with van der Waals surface area (Å²) in [7, 11) is 0. The third-order valence-electron chi connectivity index (χ3n) is 4.41. The lowest BCUT2D eigenvalue weighted by molar-refractivity contribution is 0.101. The molecule has 1 heterocycles. The van der Waals surface area contributed by atoms with Crippen LogP contribution in [0.3, 0.4) is 0 Å². The number of ether oxygens (including phenoxy) is 1. The van der Waals surface area contributed by atoms with Crippen LogP contribution in [-0.2, 0) is 6.42 Å². The fraction of sp³-hybridized carbons (Fsp3) is 0.333. The van der Waals surface area contributed by atoms with Gasteiger partial charge >= 0.3 is 0 Å². The number of carbonyl (C=O) groups excluding carboxylic acids is 1. The van der Waals surface area contributed by atoms with Gasteiger partial charge in [-0.25, -0.2) is 5.10 Å². The minimum absolute atomic E-state index is 0.115. The fourth-order valence-electron chi connectivity index (χ4n) is 2.95. The molecule has 0 atom stereocenters. The molecule has 0 spiro atoms. The highest BCUT2D eigenvalue weighted by molar-refractivity contribution is 7.99. The maximum Gasteiger partial charge on any atom is 0.179 e. The summed E-state index contributed by atoms with van der Waals surface area (Å²) in [5.74, 6) is 2.28. The number of phenols is 1. The van der Waals surface area contributed by atoms with E-state index in [1.165, 1.54) is 6.92 Å². The van der Waals surface area contributed by atoms with Crippen molar-refractivity contribution < 1.29 is 14.6 Å². The summed E-state index contributed by atoms with van der Waals surface area (Å²) in [6.45, 7) is 4.13. The smallest absolute Gasteiger partial charge is 0.179 e. The maximum absolute atomic E-state index is 11.7. The van der Waals surface area contributed by atoms with E-state index in [-0.39, 0.29) is 11.5 Å². The summed E-state index contributed by atoms with van der Waals surface area (Å²) in [6, 6.07) is 11.2. The number of rotatable bonds is 10. The van der Waals surface area contributed by atoms with Crippen molar-refractivity contribution >= 4 is 17.5 Å². The van der Waals surface area contributed by atoms with Crippen LogP contribution in [0.1, 0.15) is 42.6 Å². The highest BCUT2D eigenvalue weighted by atomic mass is 32.2. The third kappa shape index (κ3) is 5.35. The van der Waals surface area contributed by atoms with Crippen LogP contribution in [0.4, 0.5) is 0 Å². The first-order valence-corrected chi connectivity index (χ1v) is 10.5. The zero-order valence-electron chi connectivity index (χ0n) is 16.5. The molecule has 0 unspecified atom stereocenters. The summed E-state index contributed by atoms with van der Waals surface area (Å²) in [6.07, 6.45) is 2.52. The molecule has 0 aliphatic heterocycles. The summed E-state index contributed by atoms with van der Waals surface area (Å²) < 4.78 is 5.80. The van der Waals surface area contributed by atoms with E-state index in [1.807, 2.05) is 30.3 Å². The molecule has 1 aromatic heterocycles. The zero-order chi connectivity index (χ0) is 20.6. The highest BCUT2D eigenvalue weighted by Crippen LogP contribution is 2.34. The monoisotopic (exact) mass is 412 g/mol. The number of aromatic amines is 1. The lowest BCUT2D eigenvalue weighted by atomic mass is 10.0. The molecule has 3 rings (SSSR count). The van der Waals surface area contributed by atoms with E-state index < -0.39 is 0 Å². The van der Waals surface area contributed by atoms with Crippen LogP contribution in [0.2, 0.25) is 0 Å². The number of aromatic nitrogens is 4. The molecule has 152 valence electrons. The molecule has 7 nitrogen and oxygen atoms in total. The van der Waals surface area contributed by atoms with Crippen molar-refractivity contribution in [1.82, 2.24) is 20.6 Å². The second-order valence-electron chi connectivity index (χ2n) is 6.57. The Morgan fingerprint density at radius 1 is 1.21 bits per heavy atom. The van der Waals surface area contributed by atoms with Gasteiger partial charge in [-0.3, -0.25) is 4.79 Å². The van der Waals surface area contributed by atoms with Crippen molar-refractivity contribution in [3.8, 4) is 22.9 Å². The van der Waals surface area contributed by atoms with Gasteiger partial charge in [0.05, 0.1) is 12.2 Å². The van der Waals surface area contributed by atoms with E-state index in [9.17, 15) is 9.90 Å². The molecule has 0 fully saturated rings. The number of nitrogens with one attached hydrogen (secondary N) is 1. The molecule has 0 saturated carbocycles. The van der Waals surface area contributed by atoms with Gasteiger partial charge in [-0.1, -0.05) is 13.3 Å². The third-order valence-corrected chi connectivity index (χ3v) is 5.59. The van der Waals surface area contributed by atoms with E-state index in [4.69, 9.17) is 4.74 Å². The average molecular weight is 413 g/mol. The molecule has 2 aromatic carbocycles. The number of ketones is 1. The number of nitrogens with zero attached hydrogens (tertiary/aromatic N) is 3. The number of carbonyl (C=O) groups is 1. The first-order chi connectivity index (χ1) is 14.1. The largest absolute Gasteiger partial charge is 0.507 e. The molecule has 0 bridgehead atoms. The Morgan fingerprint density at radius 3 is 2.66 bits per heavy atom. The summed E-state index contributed by atoms with van der Waals surface area (Å²) in [5.41, 5.74) is 2.16. The van der Waals surface area contributed by atoms with Crippen LogP contribution >= 0.6 is 11.8 Å². The van der Waals surface area contributed by atoms with Gasteiger partial charge in [-0.15, -0.1) is 16.9 Å². The van der Waals surface area contributed by atoms with E-state index in [1.54, 1.807) is 17.8 Å². The van der Waals surface area contributed by atoms with Crippen LogP contribution in [0.25, 0.3) is 11.4 Å². The molecule has 3 aromatic rings. The summed E-state index contributed by atoms with van der Waals surface area (Å²) >= 11 is 1.68. The van der Waals surface area contributed by atoms with Gasteiger partial charge < -0.3 is 9.84 Å². The molecular weight excluding hydrogens is 388 g/mol. The lowest BCUT2D eigenvalue weighted by Gasteiger charge is -2.13. The summed E-state index contributed by atoms with van der Waals surface area (Å²) in [5, 5.41) is 24.2. The Labute approximate surface area is 173 Å². The van der Waals surface area contributed by atoms with Gasteiger partial charge in [0.1, 0.15) is 11.5 Å². The predicted molar refractivity (Wildman–Crippen MR) is 113 cm³/mol. The van der Waals surface area contributed by atoms with E-state index in [0.29, 0.717) is 18.0 Å². The fourth-order valence-corrected chi connectivity index (χ4v) is 3.97. The van der Waals surface area contributed by atoms with E-state index in [2.05, 4.69) is 27.5 Å². The Hall–Kier alpha value is -2.87. The topological polar surface area (TPSA) is 101 Å². The van der Waals surface area contributed by atoms with Gasteiger partial charge in [0.2, 0.25) is 0 Å². The van der Waals surface area contributed by atoms with Crippen LogP contribution < -0.4 is 4.74 Å². The number of Topliss-reactive ketones (excluding diaryl/α,β-unsaturated/α-hetero) is 1. The van der Waals surface area contributed by atoms with Crippen LogP contribution in [0.5, 0.6) is 11.5 Å². The van der Waals surface area contributed by atoms with Crippen molar-refractivity contribution in [2.24, 2.45) is 0 Å². The minimum Gasteiger partial charge on any atom is -0.507 e. The number of hydrogen-bond donors (Lipinski definition) is 2. The molecule has 0 amide bonds. The number of phenolic OH excluding ortho intramolecular Hbond substituents is 1. The highest BCUT2D eigenvalue weighted by Gasteiger charge is 2.15. The van der Waals surface area contributed by atoms with E-state index >= 15 is 0 Å². The normalized spacial score (nSPS) is 10.8. The van der Waals surface area contributed by atoms with Crippen molar-refractivity contribution in [3.63, 3.8) is 0 Å². The number of tetrazole rings is 1. The lowest BCUT2D eigenvalue weighted by Crippen LogP contribution is -2.01. The number of benzene rings is 2. The quantitative estimate of drug-likeness (QED) is 0.291. The molecule has 8 heteroatoms. The second kappa shape index (κ2) is 10.1. The van der Waals surface area contributed by atoms with Crippen LogP contribution in [-0.4, -0.2) is 43.9 Å². The molecule has 29 heavy (non-hydrogen) atoms. The van der Waals surface area contributed by atoms with Gasteiger partial charge in [0, 0.05) is 21.8 Å². The molecule has 0 aliphatic carbocycles. The zero-order valence-corrected chi connectivity index (χ0v) is 17.3. The Bertz CT molecular complexity index is 943. The SMILES string of the molecule is CCCc1c(SCCCOc2ccc(-c3nnn[nH]3)cc2)ccc(C(C)=O)c1O. The van der Waals surface area contributed by atoms with Crippen LogP contribution in [0, 0.1) is 0 Å². The van der Waals surface area contributed by atoms with Crippen molar-refractivity contribution in [2.75, 3.05) is 12.4 Å². The predicted octanol–water partition coefficient (Wildman–Crippen LogP) is 4.29. The number of H-pyrrole nitrogens is 1. The standard InChI is InChI=1S/C21H24N4O3S/c1-3-5-18-19(11-10-17(14(2)26)20(18)27)29-13-4-12-28-16-8-6-15(7-9-16)21-22-24-25-23-21/h6-11,27H,3-5,12-13H2,1-2H3,(H,22,23,24,25). The van der Waals surface area contributed by atoms with Gasteiger partial charge in [0.15, 0.2) is 11.6 Å². The number of thioether (sulfide) groups is 1. The maximum atomic E-state index is 11.7. The number of aromatic hydroxyl groups is 1. The van der Waals surface area contributed by atoms with Crippen molar-refractivity contribution in [1.29, 1.82) is 0 Å². The van der Waals surface area contributed by atoms with Crippen LogP contribution in [0.15, 0.2) is 41.3 Å². The molecular formula is C21H24N4O3S. The minimum atomic E-state index is -0.115. The average Bonchev–Trinajstić information content (AvgIpc) is 3.25. The van der Waals surface area contributed by atoms with Gasteiger partial charge in [-0.05, 0) is 66.6 Å².